The van der Waals surface area contributed by atoms with Crippen LogP contribution in [0.3, 0.4) is 0 Å². The van der Waals surface area contributed by atoms with Crippen molar-refractivity contribution in [2.75, 3.05) is 6.54 Å². The van der Waals surface area contributed by atoms with Gasteiger partial charge in [0.05, 0.1) is 0 Å². The lowest BCUT2D eigenvalue weighted by atomic mass is 9.84. The fourth-order valence-corrected chi connectivity index (χ4v) is 4.64. The quantitative estimate of drug-likeness (QED) is 0.738. The molecule has 0 amide bonds. The van der Waals surface area contributed by atoms with Gasteiger partial charge in [-0.05, 0) is 62.3 Å². The highest BCUT2D eigenvalue weighted by Crippen LogP contribution is 2.33. The van der Waals surface area contributed by atoms with Gasteiger partial charge in [-0.3, -0.25) is 14.7 Å². The molecule has 0 N–H and O–H groups in total. The van der Waals surface area contributed by atoms with Crippen LogP contribution in [0.1, 0.15) is 62.5 Å². The van der Waals surface area contributed by atoms with E-state index in [0.717, 1.165) is 37.5 Å². The first kappa shape index (κ1) is 18.4. The van der Waals surface area contributed by atoms with Crippen LogP contribution in [0.5, 0.6) is 0 Å². The maximum atomic E-state index is 12.9. The average molecular weight is 366 g/mol. The van der Waals surface area contributed by atoms with E-state index in [9.17, 15) is 4.79 Å². The van der Waals surface area contributed by atoms with Crippen LogP contribution in [0.4, 0.5) is 0 Å². The summed E-state index contributed by atoms with van der Waals surface area (Å²) in [5, 5.41) is 0. The van der Waals surface area contributed by atoms with Crippen molar-refractivity contribution in [3.63, 3.8) is 0 Å². The molecule has 4 rings (SSSR count). The highest BCUT2D eigenvalue weighted by molar-refractivity contribution is 5.18. The summed E-state index contributed by atoms with van der Waals surface area (Å²) in [4.78, 5) is 19.9. The van der Waals surface area contributed by atoms with Crippen LogP contribution < -0.4 is 5.56 Å². The van der Waals surface area contributed by atoms with Gasteiger partial charge < -0.3 is 4.57 Å². The zero-order valence-electron chi connectivity index (χ0n) is 16.4. The van der Waals surface area contributed by atoms with E-state index in [0.29, 0.717) is 12.0 Å². The molecule has 2 unspecified atom stereocenters. The highest BCUT2D eigenvalue weighted by Gasteiger charge is 2.30. The minimum atomic E-state index is 0.211. The maximum absolute atomic E-state index is 12.9. The van der Waals surface area contributed by atoms with Crippen molar-refractivity contribution in [2.45, 2.75) is 70.5 Å². The Morgan fingerprint density at radius 2 is 2.07 bits per heavy atom. The Morgan fingerprint density at radius 3 is 2.81 bits per heavy atom. The highest BCUT2D eigenvalue weighted by atomic mass is 16.1. The SMILES string of the molecule is CCC(c1cccnc1)C1CCCCN1Cc1cccn(CC2CC2)c1=O. The molecule has 4 nitrogen and oxygen atoms in total. The van der Waals surface area contributed by atoms with Crippen molar-refractivity contribution in [1.82, 2.24) is 14.5 Å². The Labute approximate surface area is 162 Å². The van der Waals surface area contributed by atoms with Crippen LogP contribution in [0, 0.1) is 5.92 Å². The van der Waals surface area contributed by atoms with Crippen molar-refractivity contribution < 1.29 is 0 Å². The maximum Gasteiger partial charge on any atom is 0.255 e. The summed E-state index contributed by atoms with van der Waals surface area (Å²) in [6.45, 7) is 5.02. The summed E-state index contributed by atoms with van der Waals surface area (Å²) < 4.78 is 1.93. The number of hydrogen-bond donors (Lipinski definition) is 0. The fraction of sp³-hybridized carbons (Fsp3) is 0.565. The molecular formula is C23H31N3O. The van der Waals surface area contributed by atoms with E-state index in [1.807, 2.05) is 35.3 Å². The van der Waals surface area contributed by atoms with Gasteiger partial charge in [0.2, 0.25) is 0 Å². The van der Waals surface area contributed by atoms with Crippen molar-refractivity contribution in [2.24, 2.45) is 5.92 Å². The smallest absolute Gasteiger partial charge is 0.255 e. The second-order valence-corrected chi connectivity index (χ2v) is 8.27. The molecule has 1 aliphatic carbocycles. The number of likely N-dealkylation sites (tertiary alicyclic amines) is 1. The van der Waals surface area contributed by atoms with Crippen LogP contribution in [0.15, 0.2) is 47.7 Å². The lowest BCUT2D eigenvalue weighted by Crippen LogP contribution is -2.44. The Hall–Kier alpha value is -1.94. The lowest BCUT2D eigenvalue weighted by Gasteiger charge is -2.40. The summed E-state index contributed by atoms with van der Waals surface area (Å²) in [7, 11) is 0. The molecule has 2 aromatic heterocycles. The van der Waals surface area contributed by atoms with Crippen LogP contribution >= 0.6 is 0 Å². The molecule has 0 radical (unpaired) electrons. The predicted molar refractivity (Wildman–Crippen MR) is 109 cm³/mol. The molecule has 2 aromatic rings. The second-order valence-electron chi connectivity index (χ2n) is 8.27. The van der Waals surface area contributed by atoms with E-state index in [1.165, 1.54) is 37.7 Å². The third kappa shape index (κ3) is 4.32. The molecule has 0 bridgehead atoms. The van der Waals surface area contributed by atoms with Crippen LogP contribution in [0.25, 0.3) is 0 Å². The Balaban J connectivity index is 1.55. The molecule has 1 aliphatic heterocycles. The molecule has 0 aromatic carbocycles. The van der Waals surface area contributed by atoms with Crippen LogP contribution in [-0.4, -0.2) is 27.0 Å². The molecule has 2 atom stereocenters. The molecule has 4 heteroatoms. The number of nitrogens with zero attached hydrogens (tertiary/aromatic N) is 3. The monoisotopic (exact) mass is 365 g/mol. The molecule has 2 aliphatic rings. The zero-order valence-corrected chi connectivity index (χ0v) is 16.4. The van der Waals surface area contributed by atoms with Crippen molar-refractivity contribution in [1.29, 1.82) is 0 Å². The number of piperidine rings is 1. The lowest BCUT2D eigenvalue weighted by molar-refractivity contribution is 0.115. The van der Waals surface area contributed by atoms with Gasteiger partial charge in [-0.25, -0.2) is 0 Å². The summed E-state index contributed by atoms with van der Waals surface area (Å²) in [5.74, 6) is 1.20. The second kappa shape index (κ2) is 8.39. The van der Waals surface area contributed by atoms with Gasteiger partial charge in [-0.15, -0.1) is 0 Å². The molecule has 144 valence electrons. The van der Waals surface area contributed by atoms with Gasteiger partial charge in [0, 0.05) is 49.2 Å². The zero-order chi connectivity index (χ0) is 18.6. The van der Waals surface area contributed by atoms with E-state index < -0.39 is 0 Å². The van der Waals surface area contributed by atoms with Crippen LogP contribution in [0.2, 0.25) is 0 Å². The van der Waals surface area contributed by atoms with Gasteiger partial charge in [-0.1, -0.05) is 25.5 Å². The molecule has 1 saturated carbocycles. The summed E-state index contributed by atoms with van der Waals surface area (Å²) in [5.41, 5.74) is 2.49. The number of rotatable bonds is 7. The molecule has 3 heterocycles. The van der Waals surface area contributed by atoms with E-state index in [4.69, 9.17) is 0 Å². The largest absolute Gasteiger partial charge is 0.315 e. The van der Waals surface area contributed by atoms with Gasteiger partial charge in [-0.2, -0.15) is 0 Å². The normalized spacial score (nSPS) is 21.9. The van der Waals surface area contributed by atoms with E-state index in [1.54, 1.807) is 0 Å². The summed E-state index contributed by atoms with van der Waals surface area (Å²) in [6, 6.07) is 8.82. The standard InChI is InChI=1S/C23H31N3O/c1-2-21(19-7-5-12-24-15-19)22-9-3-4-13-25(22)17-20-8-6-14-26(23(20)27)16-18-10-11-18/h5-8,12,14-15,18,21-22H,2-4,9-11,13,16-17H2,1H3. The number of hydrogen-bond acceptors (Lipinski definition) is 3. The predicted octanol–water partition coefficient (Wildman–Crippen LogP) is 4.20. The summed E-state index contributed by atoms with van der Waals surface area (Å²) >= 11 is 0. The first-order valence-electron chi connectivity index (χ1n) is 10.6. The van der Waals surface area contributed by atoms with Gasteiger partial charge in [0.1, 0.15) is 0 Å². The molecule has 27 heavy (non-hydrogen) atoms. The number of pyridine rings is 2. The fourth-order valence-electron chi connectivity index (χ4n) is 4.64. The topological polar surface area (TPSA) is 38.1 Å². The minimum Gasteiger partial charge on any atom is -0.315 e. The van der Waals surface area contributed by atoms with Gasteiger partial charge in [0.25, 0.3) is 5.56 Å². The molecule has 0 spiro atoms. The number of aromatic nitrogens is 2. The third-order valence-electron chi connectivity index (χ3n) is 6.31. The van der Waals surface area contributed by atoms with Crippen molar-refractivity contribution in [3.8, 4) is 0 Å². The Bertz CT molecular complexity index is 797. The molecule has 2 fully saturated rings. The van der Waals surface area contributed by atoms with Crippen molar-refractivity contribution in [3.05, 3.63) is 64.3 Å². The summed E-state index contributed by atoms with van der Waals surface area (Å²) in [6.07, 6.45) is 13.2. The molecule has 1 saturated heterocycles. The van der Waals surface area contributed by atoms with Gasteiger partial charge in [0.15, 0.2) is 0 Å². The minimum absolute atomic E-state index is 0.211. The van der Waals surface area contributed by atoms with E-state index in [-0.39, 0.29) is 5.56 Å². The van der Waals surface area contributed by atoms with Crippen LogP contribution in [-0.2, 0) is 13.1 Å². The van der Waals surface area contributed by atoms with Crippen molar-refractivity contribution >= 4 is 0 Å². The first-order valence-corrected chi connectivity index (χ1v) is 10.6. The van der Waals surface area contributed by atoms with E-state index in [2.05, 4.69) is 28.9 Å². The average Bonchev–Trinajstić information content (AvgIpc) is 3.52. The van der Waals surface area contributed by atoms with Gasteiger partial charge >= 0.3 is 0 Å². The first-order chi connectivity index (χ1) is 13.3. The Morgan fingerprint density at radius 1 is 1.19 bits per heavy atom. The molecular weight excluding hydrogens is 334 g/mol. The third-order valence-corrected chi connectivity index (χ3v) is 6.31. The van der Waals surface area contributed by atoms with E-state index >= 15 is 0 Å². The Kier molecular flexibility index (Phi) is 5.72.